The molecule has 0 spiro atoms. The van der Waals surface area contributed by atoms with Gasteiger partial charge in [-0.3, -0.25) is 20.4 Å². The van der Waals surface area contributed by atoms with Crippen LogP contribution < -0.4 is 15.6 Å². The normalized spacial score (nSPS) is 11.5. The van der Waals surface area contributed by atoms with E-state index in [1.165, 1.54) is 0 Å². The Kier molecular flexibility index (Phi) is 6.58. The number of nitrogens with one attached hydrogen (secondary N) is 2. The van der Waals surface area contributed by atoms with Crippen LogP contribution in [0.1, 0.15) is 34.8 Å². The maximum absolute atomic E-state index is 12.3. The van der Waals surface area contributed by atoms with Crippen LogP contribution in [0.3, 0.4) is 0 Å². The molecule has 2 amide bonds. The minimum absolute atomic E-state index is 0.389. The van der Waals surface area contributed by atoms with Gasteiger partial charge in [-0.05, 0) is 55.7 Å². The number of hydrogen-bond acceptors (Lipinski definition) is 3. The largest absolute Gasteiger partial charge is 0.481 e. The summed E-state index contributed by atoms with van der Waals surface area (Å²) >= 11 is 3.38. The Morgan fingerprint density at radius 1 is 1.12 bits per heavy atom. The van der Waals surface area contributed by atoms with E-state index in [4.69, 9.17) is 4.74 Å². The summed E-state index contributed by atoms with van der Waals surface area (Å²) < 4.78 is 6.54. The molecule has 0 saturated carbocycles. The zero-order valence-electron chi connectivity index (χ0n) is 14.4. The highest BCUT2D eigenvalue weighted by Crippen LogP contribution is 2.17. The number of carbonyl (C=O) groups excluding carboxylic acids is 2. The van der Waals surface area contributed by atoms with Crippen molar-refractivity contribution in [3.63, 3.8) is 0 Å². The van der Waals surface area contributed by atoms with E-state index in [2.05, 4.69) is 26.8 Å². The van der Waals surface area contributed by atoms with Crippen molar-refractivity contribution in [1.29, 1.82) is 0 Å². The molecule has 2 N–H and O–H groups in total. The molecule has 2 aromatic carbocycles. The summed E-state index contributed by atoms with van der Waals surface area (Å²) in [6, 6.07) is 12.7. The third kappa shape index (κ3) is 5.32. The first-order chi connectivity index (χ1) is 11.9. The van der Waals surface area contributed by atoms with Gasteiger partial charge in [0.15, 0.2) is 6.10 Å². The topological polar surface area (TPSA) is 67.4 Å². The van der Waals surface area contributed by atoms with Crippen LogP contribution in [0, 0.1) is 13.8 Å². The van der Waals surface area contributed by atoms with Gasteiger partial charge in [-0.2, -0.15) is 0 Å². The summed E-state index contributed by atoms with van der Waals surface area (Å²) in [7, 11) is 0. The smallest absolute Gasteiger partial charge is 0.279 e. The van der Waals surface area contributed by atoms with Gasteiger partial charge in [0.05, 0.1) is 0 Å². The molecule has 0 fully saturated rings. The minimum atomic E-state index is -0.688. The molecule has 1 atom stereocenters. The van der Waals surface area contributed by atoms with Crippen molar-refractivity contribution in [3.05, 3.63) is 63.6 Å². The van der Waals surface area contributed by atoms with Crippen molar-refractivity contribution in [3.8, 4) is 5.75 Å². The highest BCUT2D eigenvalue weighted by atomic mass is 79.9. The lowest BCUT2D eigenvalue weighted by atomic mass is 10.1. The Bertz CT molecular complexity index is 777. The van der Waals surface area contributed by atoms with E-state index in [0.29, 0.717) is 17.7 Å². The van der Waals surface area contributed by atoms with Crippen molar-refractivity contribution < 1.29 is 14.3 Å². The molecule has 2 aromatic rings. The molecule has 5 nitrogen and oxygen atoms in total. The molecule has 0 aliphatic heterocycles. The van der Waals surface area contributed by atoms with Gasteiger partial charge in [0.1, 0.15) is 5.75 Å². The number of ether oxygens (including phenoxy) is 1. The van der Waals surface area contributed by atoms with Gasteiger partial charge in [0.2, 0.25) is 0 Å². The fraction of sp³-hybridized carbons (Fsp3) is 0.263. The lowest BCUT2D eigenvalue weighted by Crippen LogP contribution is -2.48. The Morgan fingerprint density at radius 3 is 2.52 bits per heavy atom. The summed E-state index contributed by atoms with van der Waals surface area (Å²) in [5, 5.41) is 0. The zero-order chi connectivity index (χ0) is 18.4. The molecule has 0 heterocycles. The van der Waals surface area contributed by atoms with Crippen molar-refractivity contribution in [2.75, 3.05) is 0 Å². The van der Waals surface area contributed by atoms with Crippen LogP contribution >= 0.6 is 15.9 Å². The van der Waals surface area contributed by atoms with Gasteiger partial charge < -0.3 is 4.74 Å². The van der Waals surface area contributed by atoms with Crippen molar-refractivity contribution in [1.82, 2.24) is 10.9 Å². The molecule has 0 aromatic heterocycles. The molecule has 0 aliphatic carbocycles. The van der Waals surface area contributed by atoms with Gasteiger partial charge >= 0.3 is 0 Å². The molecule has 1 unspecified atom stereocenters. The Morgan fingerprint density at radius 2 is 1.88 bits per heavy atom. The number of halogens is 1. The predicted molar refractivity (Wildman–Crippen MR) is 100 cm³/mol. The highest BCUT2D eigenvalue weighted by molar-refractivity contribution is 9.10. The monoisotopic (exact) mass is 404 g/mol. The third-order valence-electron chi connectivity index (χ3n) is 3.66. The first kappa shape index (κ1) is 19.0. The molecule has 6 heteroatoms. The van der Waals surface area contributed by atoms with Crippen molar-refractivity contribution >= 4 is 27.7 Å². The second-order valence-corrected chi connectivity index (χ2v) is 6.59. The highest BCUT2D eigenvalue weighted by Gasteiger charge is 2.19. The summed E-state index contributed by atoms with van der Waals surface area (Å²) in [4.78, 5) is 24.4. The van der Waals surface area contributed by atoms with Crippen molar-refractivity contribution in [2.45, 2.75) is 33.3 Å². The quantitative estimate of drug-likeness (QED) is 0.746. The number of hydrazine groups is 1. The molecule has 0 radical (unpaired) electrons. The maximum Gasteiger partial charge on any atom is 0.279 e. The molecule has 0 bridgehead atoms. The summed E-state index contributed by atoms with van der Waals surface area (Å²) in [6.45, 7) is 5.73. The van der Waals surface area contributed by atoms with E-state index in [9.17, 15) is 9.59 Å². The summed E-state index contributed by atoms with van der Waals surface area (Å²) in [5.41, 5.74) is 7.36. The van der Waals surface area contributed by atoms with E-state index in [1.54, 1.807) is 18.2 Å². The first-order valence-corrected chi connectivity index (χ1v) is 8.79. The molecule has 132 valence electrons. The van der Waals surface area contributed by atoms with E-state index in [0.717, 1.165) is 15.6 Å². The van der Waals surface area contributed by atoms with Gasteiger partial charge in [0.25, 0.3) is 11.8 Å². The Labute approximate surface area is 155 Å². The number of benzene rings is 2. The summed E-state index contributed by atoms with van der Waals surface area (Å²) in [6.07, 6.45) is -0.210. The second kappa shape index (κ2) is 8.67. The van der Waals surface area contributed by atoms with E-state index >= 15 is 0 Å². The van der Waals surface area contributed by atoms with Gasteiger partial charge in [-0.15, -0.1) is 0 Å². The second-order valence-electron chi connectivity index (χ2n) is 5.74. The lowest BCUT2D eigenvalue weighted by Gasteiger charge is -2.18. The molecular formula is C19H21BrN2O3. The molecular weight excluding hydrogens is 384 g/mol. The molecule has 0 saturated heterocycles. The number of amides is 2. The van der Waals surface area contributed by atoms with Gasteiger partial charge in [0, 0.05) is 10.0 Å². The van der Waals surface area contributed by atoms with Crippen LogP contribution in [0.15, 0.2) is 46.9 Å². The van der Waals surface area contributed by atoms with Gasteiger partial charge in [-0.25, -0.2) is 0 Å². The first-order valence-electron chi connectivity index (χ1n) is 8.00. The van der Waals surface area contributed by atoms with Gasteiger partial charge in [-0.1, -0.05) is 41.1 Å². The van der Waals surface area contributed by atoms with Crippen LogP contribution in [-0.4, -0.2) is 17.9 Å². The van der Waals surface area contributed by atoms with Crippen LogP contribution in [0.25, 0.3) is 0 Å². The standard InChI is InChI=1S/C19H21BrN2O3/c1-4-17(25-15-7-5-6-12(2)10-15)19(24)22-21-18(23)14-9-8-13(3)16(20)11-14/h5-11,17H,4H2,1-3H3,(H,21,23)(H,22,24). The predicted octanol–water partition coefficient (Wildman–Crippen LogP) is 3.68. The SMILES string of the molecule is CCC(Oc1cccc(C)c1)C(=O)NNC(=O)c1ccc(C)c(Br)c1. The van der Waals surface area contributed by atoms with E-state index < -0.39 is 12.0 Å². The summed E-state index contributed by atoms with van der Waals surface area (Å²) in [5.74, 6) is -0.168. The fourth-order valence-electron chi connectivity index (χ4n) is 2.18. The van der Waals surface area contributed by atoms with E-state index in [-0.39, 0.29) is 5.91 Å². The molecule has 2 rings (SSSR count). The average Bonchev–Trinajstić information content (AvgIpc) is 2.59. The maximum atomic E-state index is 12.3. The van der Waals surface area contributed by atoms with Crippen LogP contribution in [0.4, 0.5) is 0 Å². The van der Waals surface area contributed by atoms with Crippen LogP contribution in [0.2, 0.25) is 0 Å². The average molecular weight is 405 g/mol. The van der Waals surface area contributed by atoms with E-state index in [1.807, 2.05) is 45.0 Å². The van der Waals surface area contributed by atoms with Crippen LogP contribution in [-0.2, 0) is 4.79 Å². The lowest BCUT2D eigenvalue weighted by molar-refractivity contribution is -0.128. The number of hydrogen-bond donors (Lipinski definition) is 2. The zero-order valence-corrected chi connectivity index (χ0v) is 16.0. The number of carbonyl (C=O) groups is 2. The fourth-order valence-corrected chi connectivity index (χ4v) is 2.56. The number of rotatable bonds is 5. The number of aryl methyl sites for hydroxylation is 2. The van der Waals surface area contributed by atoms with Crippen molar-refractivity contribution in [2.24, 2.45) is 0 Å². The Hall–Kier alpha value is -2.34. The minimum Gasteiger partial charge on any atom is -0.481 e. The molecule has 25 heavy (non-hydrogen) atoms. The molecule has 0 aliphatic rings. The third-order valence-corrected chi connectivity index (χ3v) is 4.52. The Balaban J connectivity index is 1.95. The van der Waals surface area contributed by atoms with Crippen LogP contribution in [0.5, 0.6) is 5.75 Å².